The average molecular weight is 186 g/mol. The van der Waals surface area contributed by atoms with Crippen LogP contribution in [0.5, 0.6) is 5.75 Å². The van der Waals surface area contributed by atoms with E-state index in [0.717, 1.165) is 0 Å². The van der Waals surface area contributed by atoms with E-state index in [4.69, 9.17) is 11.6 Å². The molecule has 0 bridgehead atoms. The molecule has 1 amide bonds. The van der Waals surface area contributed by atoms with Gasteiger partial charge in [-0.25, -0.2) is 0 Å². The smallest absolute Gasteiger partial charge is 0.254 e. The molecule has 0 spiro atoms. The number of benzene rings is 1. The van der Waals surface area contributed by atoms with Crippen molar-refractivity contribution in [1.29, 1.82) is 0 Å². The first kappa shape index (κ1) is 8.87. The van der Waals surface area contributed by atoms with Crippen LogP contribution >= 0.6 is 11.6 Å². The maximum atomic E-state index is 11.1. The number of aromatic hydroxyl groups is 1. The molecule has 0 saturated carbocycles. The number of rotatable bonds is 1. The Morgan fingerprint density at radius 2 is 2.25 bits per heavy atom. The van der Waals surface area contributed by atoms with Crippen LogP contribution in [0.15, 0.2) is 18.2 Å². The summed E-state index contributed by atoms with van der Waals surface area (Å²) in [5.41, 5.74) is 0.185. The van der Waals surface area contributed by atoms with Crippen LogP contribution in [-0.2, 0) is 0 Å². The van der Waals surface area contributed by atoms with Crippen LogP contribution in [0.25, 0.3) is 0 Å². The predicted molar refractivity (Wildman–Crippen MR) is 46.5 cm³/mol. The van der Waals surface area contributed by atoms with Gasteiger partial charge in [0.15, 0.2) is 0 Å². The van der Waals surface area contributed by atoms with Gasteiger partial charge in [-0.2, -0.15) is 0 Å². The molecule has 0 fully saturated rings. The summed E-state index contributed by atoms with van der Waals surface area (Å²) in [6.07, 6.45) is 0. The Labute approximate surface area is 75.0 Å². The number of amides is 1. The third kappa shape index (κ3) is 1.68. The lowest BCUT2D eigenvalue weighted by molar-refractivity contribution is 0.0960. The molecule has 0 radical (unpaired) electrons. The minimum atomic E-state index is -0.352. The number of phenols is 1. The second-order valence-corrected chi connectivity index (χ2v) is 2.68. The molecule has 2 N–H and O–H groups in total. The zero-order valence-corrected chi connectivity index (χ0v) is 7.22. The molecule has 64 valence electrons. The molecule has 0 aliphatic rings. The first-order valence-electron chi connectivity index (χ1n) is 3.35. The van der Waals surface area contributed by atoms with Crippen LogP contribution < -0.4 is 5.32 Å². The van der Waals surface area contributed by atoms with Crippen LogP contribution in [0.1, 0.15) is 10.4 Å². The quantitative estimate of drug-likeness (QED) is 0.695. The van der Waals surface area contributed by atoms with Gasteiger partial charge in [0.05, 0.1) is 5.56 Å². The van der Waals surface area contributed by atoms with Gasteiger partial charge in [-0.3, -0.25) is 4.79 Å². The molecular weight excluding hydrogens is 178 g/mol. The van der Waals surface area contributed by atoms with Crippen molar-refractivity contribution in [3.8, 4) is 5.75 Å². The fourth-order valence-corrected chi connectivity index (χ4v) is 0.997. The lowest BCUT2D eigenvalue weighted by Crippen LogP contribution is -2.17. The highest BCUT2D eigenvalue weighted by atomic mass is 35.5. The number of hydrogen-bond donors (Lipinski definition) is 2. The third-order valence-corrected chi connectivity index (χ3v) is 1.67. The van der Waals surface area contributed by atoms with E-state index in [0.29, 0.717) is 5.02 Å². The molecule has 4 heteroatoms. The van der Waals surface area contributed by atoms with Gasteiger partial charge in [0.25, 0.3) is 5.91 Å². The Morgan fingerprint density at radius 3 is 2.83 bits per heavy atom. The standard InChI is InChI=1S/C8H8ClNO2/c1-10-8(12)6-4-5(9)2-3-7(6)11/h2-4,11H,1H3,(H,10,12). The average Bonchev–Trinajstić information content (AvgIpc) is 2.08. The summed E-state index contributed by atoms with van der Waals surface area (Å²) in [6.45, 7) is 0. The monoisotopic (exact) mass is 185 g/mol. The summed E-state index contributed by atoms with van der Waals surface area (Å²) >= 11 is 5.63. The maximum Gasteiger partial charge on any atom is 0.254 e. The Kier molecular flexibility index (Phi) is 2.55. The molecule has 0 aliphatic heterocycles. The molecule has 0 unspecified atom stereocenters. The van der Waals surface area contributed by atoms with Crippen LogP contribution in [0.2, 0.25) is 5.02 Å². The summed E-state index contributed by atoms with van der Waals surface area (Å²) in [5.74, 6) is -0.422. The van der Waals surface area contributed by atoms with Crippen molar-refractivity contribution in [2.75, 3.05) is 7.05 Å². The van der Waals surface area contributed by atoms with Crippen molar-refractivity contribution in [3.63, 3.8) is 0 Å². The van der Waals surface area contributed by atoms with Crippen LogP contribution in [0.4, 0.5) is 0 Å². The topological polar surface area (TPSA) is 49.3 Å². The molecule has 0 saturated heterocycles. The molecule has 1 aromatic carbocycles. The van der Waals surface area contributed by atoms with Gasteiger partial charge in [-0.05, 0) is 18.2 Å². The zero-order valence-electron chi connectivity index (χ0n) is 6.47. The zero-order chi connectivity index (χ0) is 9.14. The Morgan fingerprint density at radius 1 is 1.58 bits per heavy atom. The summed E-state index contributed by atoms with van der Waals surface area (Å²) in [5, 5.41) is 12.0. The van der Waals surface area contributed by atoms with Gasteiger partial charge in [-0.15, -0.1) is 0 Å². The maximum absolute atomic E-state index is 11.1. The number of carbonyl (C=O) groups is 1. The minimum Gasteiger partial charge on any atom is -0.507 e. The molecule has 0 aliphatic carbocycles. The van der Waals surface area contributed by atoms with Crippen molar-refractivity contribution in [2.24, 2.45) is 0 Å². The number of nitrogens with one attached hydrogen (secondary N) is 1. The van der Waals surface area contributed by atoms with E-state index in [-0.39, 0.29) is 17.2 Å². The number of halogens is 1. The lowest BCUT2D eigenvalue weighted by atomic mass is 10.2. The highest BCUT2D eigenvalue weighted by Gasteiger charge is 2.08. The Balaban J connectivity index is 3.13. The lowest BCUT2D eigenvalue weighted by Gasteiger charge is -2.02. The van der Waals surface area contributed by atoms with E-state index in [1.807, 2.05) is 0 Å². The van der Waals surface area contributed by atoms with Crippen molar-refractivity contribution in [1.82, 2.24) is 5.32 Å². The van der Waals surface area contributed by atoms with Gasteiger partial charge in [0, 0.05) is 12.1 Å². The minimum absolute atomic E-state index is 0.0706. The number of carbonyl (C=O) groups excluding carboxylic acids is 1. The van der Waals surface area contributed by atoms with Gasteiger partial charge in [0.2, 0.25) is 0 Å². The van der Waals surface area contributed by atoms with E-state index < -0.39 is 0 Å². The molecule has 0 atom stereocenters. The van der Waals surface area contributed by atoms with Crippen molar-refractivity contribution in [3.05, 3.63) is 28.8 Å². The van der Waals surface area contributed by atoms with Crippen LogP contribution in [-0.4, -0.2) is 18.1 Å². The molecule has 0 aromatic heterocycles. The first-order valence-corrected chi connectivity index (χ1v) is 3.73. The van der Waals surface area contributed by atoms with E-state index in [2.05, 4.69) is 5.32 Å². The molecule has 1 rings (SSSR count). The van der Waals surface area contributed by atoms with E-state index in [1.54, 1.807) is 0 Å². The third-order valence-electron chi connectivity index (χ3n) is 1.43. The Hall–Kier alpha value is -1.22. The highest BCUT2D eigenvalue weighted by Crippen LogP contribution is 2.20. The largest absolute Gasteiger partial charge is 0.507 e. The van der Waals surface area contributed by atoms with Crippen molar-refractivity contribution >= 4 is 17.5 Å². The second kappa shape index (κ2) is 3.45. The van der Waals surface area contributed by atoms with Gasteiger partial charge >= 0.3 is 0 Å². The molecule has 3 nitrogen and oxygen atoms in total. The number of hydrogen-bond acceptors (Lipinski definition) is 2. The molecule has 1 aromatic rings. The van der Waals surface area contributed by atoms with E-state index >= 15 is 0 Å². The molecular formula is C8H8ClNO2. The fraction of sp³-hybridized carbons (Fsp3) is 0.125. The van der Waals surface area contributed by atoms with Crippen molar-refractivity contribution in [2.45, 2.75) is 0 Å². The SMILES string of the molecule is CNC(=O)c1cc(Cl)ccc1O. The van der Waals surface area contributed by atoms with Crippen LogP contribution in [0, 0.1) is 0 Å². The summed E-state index contributed by atoms with van der Waals surface area (Å²) < 4.78 is 0. The fourth-order valence-electron chi connectivity index (χ4n) is 0.825. The van der Waals surface area contributed by atoms with Gasteiger partial charge < -0.3 is 10.4 Å². The summed E-state index contributed by atoms with van der Waals surface area (Å²) in [7, 11) is 1.49. The predicted octanol–water partition coefficient (Wildman–Crippen LogP) is 1.41. The van der Waals surface area contributed by atoms with E-state index in [9.17, 15) is 9.90 Å². The van der Waals surface area contributed by atoms with Gasteiger partial charge in [0.1, 0.15) is 5.75 Å². The first-order chi connectivity index (χ1) is 5.65. The van der Waals surface area contributed by atoms with Gasteiger partial charge in [-0.1, -0.05) is 11.6 Å². The Bertz CT molecular complexity index is 312. The van der Waals surface area contributed by atoms with E-state index in [1.165, 1.54) is 25.2 Å². The molecule has 0 heterocycles. The van der Waals surface area contributed by atoms with Crippen LogP contribution in [0.3, 0.4) is 0 Å². The van der Waals surface area contributed by atoms with Crippen molar-refractivity contribution < 1.29 is 9.90 Å². The summed E-state index contributed by atoms with van der Waals surface area (Å²) in [4.78, 5) is 11.1. The second-order valence-electron chi connectivity index (χ2n) is 2.24. The normalized spacial score (nSPS) is 9.50. The highest BCUT2D eigenvalue weighted by molar-refractivity contribution is 6.31. The number of phenolic OH excluding ortho intramolecular Hbond substituents is 1. The summed E-state index contributed by atoms with van der Waals surface area (Å²) in [6, 6.07) is 4.31. The molecule has 12 heavy (non-hydrogen) atoms.